The summed E-state index contributed by atoms with van der Waals surface area (Å²) >= 11 is 1.99. The summed E-state index contributed by atoms with van der Waals surface area (Å²) in [5.74, 6) is 4.32. The molecule has 3 aliphatic rings. The second-order valence-corrected chi connectivity index (χ2v) is 8.52. The summed E-state index contributed by atoms with van der Waals surface area (Å²) in [5.41, 5.74) is 1.08. The van der Waals surface area contributed by atoms with Gasteiger partial charge in [-0.05, 0) is 31.6 Å². The molecule has 0 aromatic carbocycles. The third-order valence-electron chi connectivity index (χ3n) is 5.41. The van der Waals surface area contributed by atoms with E-state index in [0.29, 0.717) is 0 Å². The molecule has 2 saturated heterocycles. The van der Waals surface area contributed by atoms with E-state index in [0.717, 1.165) is 74.6 Å². The molecule has 3 fully saturated rings. The van der Waals surface area contributed by atoms with Crippen molar-refractivity contribution in [2.24, 2.45) is 11.8 Å². The maximum atomic E-state index is 12.2. The minimum atomic E-state index is 0.168. The molecule has 0 bridgehead atoms. The highest BCUT2D eigenvalue weighted by Crippen LogP contribution is 2.28. The lowest BCUT2D eigenvalue weighted by atomic mass is 9.95. The van der Waals surface area contributed by atoms with Gasteiger partial charge in [-0.2, -0.15) is 11.8 Å². The molecule has 25 heavy (non-hydrogen) atoms. The van der Waals surface area contributed by atoms with Gasteiger partial charge < -0.3 is 15.1 Å². The van der Waals surface area contributed by atoms with E-state index in [9.17, 15) is 4.79 Å². The lowest BCUT2D eigenvalue weighted by Gasteiger charge is -2.33. The summed E-state index contributed by atoms with van der Waals surface area (Å²) in [5, 5.41) is 3.12. The number of hydrogen-bond acceptors (Lipinski definition) is 6. The van der Waals surface area contributed by atoms with Crippen LogP contribution in [-0.2, 0) is 4.79 Å². The van der Waals surface area contributed by atoms with Crippen LogP contribution in [0.2, 0.25) is 0 Å². The van der Waals surface area contributed by atoms with Gasteiger partial charge >= 0.3 is 0 Å². The van der Waals surface area contributed by atoms with Crippen molar-refractivity contribution in [3.05, 3.63) is 12.4 Å². The first kappa shape index (κ1) is 16.9. The number of hydrogen-bond donors (Lipinski definition) is 1. The van der Waals surface area contributed by atoms with Crippen LogP contribution < -0.4 is 15.1 Å². The summed E-state index contributed by atoms with van der Waals surface area (Å²) in [4.78, 5) is 25.9. The Morgan fingerprint density at radius 3 is 2.36 bits per heavy atom. The minimum absolute atomic E-state index is 0.168. The molecule has 0 atom stereocenters. The van der Waals surface area contributed by atoms with Gasteiger partial charge in [-0.1, -0.05) is 0 Å². The number of piperidine rings is 1. The molecule has 1 aliphatic carbocycles. The van der Waals surface area contributed by atoms with Gasteiger partial charge in [0.1, 0.15) is 0 Å². The monoisotopic (exact) mass is 361 g/mol. The summed E-state index contributed by atoms with van der Waals surface area (Å²) in [6.45, 7) is 4.76. The second-order valence-electron chi connectivity index (χ2n) is 7.29. The Morgan fingerprint density at radius 2 is 1.72 bits per heavy atom. The number of carbonyl (C=O) groups excluding carboxylic acids is 1. The van der Waals surface area contributed by atoms with Gasteiger partial charge in [0.15, 0.2) is 0 Å². The average molecular weight is 362 g/mol. The van der Waals surface area contributed by atoms with E-state index in [1.165, 1.54) is 12.8 Å². The molecule has 1 aromatic rings. The highest BCUT2D eigenvalue weighted by atomic mass is 32.2. The largest absolute Gasteiger partial charge is 0.369 e. The first-order chi connectivity index (χ1) is 12.3. The van der Waals surface area contributed by atoms with Crippen LogP contribution in [0.1, 0.15) is 25.7 Å². The van der Waals surface area contributed by atoms with Crippen LogP contribution in [0, 0.1) is 11.8 Å². The predicted octanol–water partition coefficient (Wildman–Crippen LogP) is 1.77. The van der Waals surface area contributed by atoms with E-state index in [2.05, 4.69) is 25.1 Å². The van der Waals surface area contributed by atoms with Crippen molar-refractivity contribution in [3.63, 3.8) is 0 Å². The molecule has 3 heterocycles. The molecular weight excluding hydrogens is 334 g/mol. The van der Waals surface area contributed by atoms with Gasteiger partial charge in [-0.3, -0.25) is 4.79 Å². The molecular formula is C18H27N5OS. The normalized spacial score (nSPS) is 22.1. The Labute approximate surface area is 153 Å². The van der Waals surface area contributed by atoms with Crippen molar-refractivity contribution in [2.75, 3.05) is 54.0 Å². The van der Waals surface area contributed by atoms with Crippen molar-refractivity contribution >= 4 is 29.3 Å². The number of thioether (sulfide) groups is 1. The number of nitrogens with zero attached hydrogens (tertiary/aromatic N) is 4. The molecule has 1 amide bonds. The van der Waals surface area contributed by atoms with Gasteiger partial charge in [-0.15, -0.1) is 0 Å². The number of amides is 1. The van der Waals surface area contributed by atoms with Crippen LogP contribution in [0.4, 0.5) is 11.6 Å². The molecule has 136 valence electrons. The molecule has 2 aliphatic heterocycles. The number of aromatic nitrogens is 2. The van der Waals surface area contributed by atoms with Crippen molar-refractivity contribution in [3.8, 4) is 0 Å². The quantitative estimate of drug-likeness (QED) is 0.863. The molecule has 1 N–H and O–H groups in total. The predicted molar refractivity (Wildman–Crippen MR) is 102 cm³/mol. The topological polar surface area (TPSA) is 61.4 Å². The number of rotatable bonds is 5. The average Bonchev–Trinajstić information content (AvgIpc) is 3.52. The Kier molecular flexibility index (Phi) is 5.29. The molecule has 0 unspecified atom stereocenters. The first-order valence-electron chi connectivity index (χ1n) is 9.47. The van der Waals surface area contributed by atoms with Crippen molar-refractivity contribution < 1.29 is 4.79 Å². The zero-order chi connectivity index (χ0) is 17.1. The SMILES string of the molecule is O=C(NCC1CC1)C1CCN(c2cnc(N3CCSCC3)nc2)CC1. The van der Waals surface area contributed by atoms with Gasteiger partial charge in [-0.25, -0.2) is 9.97 Å². The third-order valence-corrected chi connectivity index (χ3v) is 6.35. The van der Waals surface area contributed by atoms with E-state index in [4.69, 9.17) is 0 Å². The Balaban J connectivity index is 1.27. The zero-order valence-electron chi connectivity index (χ0n) is 14.7. The number of carbonyl (C=O) groups is 1. The van der Waals surface area contributed by atoms with Crippen LogP contribution in [0.3, 0.4) is 0 Å². The van der Waals surface area contributed by atoms with Gasteiger partial charge in [0.05, 0.1) is 18.1 Å². The summed E-state index contributed by atoms with van der Waals surface area (Å²) in [7, 11) is 0. The van der Waals surface area contributed by atoms with Crippen molar-refractivity contribution in [2.45, 2.75) is 25.7 Å². The Hall–Kier alpha value is -1.50. The Morgan fingerprint density at radius 1 is 1.04 bits per heavy atom. The van der Waals surface area contributed by atoms with E-state index in [1.54, 1.807) is 0 Å². The molecule has 1 aromatic heterocycles. The summed E-state index contributed by atoms with van der Waals surface area (Å²) in [6.07, 6.45) is 8.29. The number of anilines is 2. The van der Waals surface area contributed by atoms with E-state index in [-0.39, 0.29) is 11.8 Å². The number of nitrogens with one attached hydrogen (secondary N) is 1. The molecule has 0 radical (unpaired) electrons. The molecule has 0 spiro atoms. The van der Waals surface area contributed by atoms with E-state index in [1.807, 2.05) is 24.2 Å². The highest BCUT2D eigenvalue weighted by Gasteiger charge is 2.27. The van der Waals surface area contributed by atoms with Crippen LogP contribution in [0.5, 0.6) is 0 Å². The maximum Gasteiger partial charge on any atom is 0.225 e. The van der Waals surface area contributed by atoms with Crippen LogP contribution >= 0.6 is 11.8 Å². The highest BCUT2D eigenvalue weighted by molar-refractivity contribution is 7.99. The van der Waals surface area contributed by atoms with Gasteiger partial charge in [0.2, 0.25) is 11.9 Å². The van der Waals surface area contributed by atoms with Gasteiger partial charge in [0.25, 0.3) is 0 Å². The van der Waals surface area contributed by atoms with Crippen LogP contribution in [-0.4, -0.2) is 60.1 Å². The van der Waals surface area contributed by atoms with E-state index >= 15 is 0 Å². The summed E-state index contributed by atoms with van der Waals surface area (Å²) < 4.78 is 0. The van der Waals surface area contributed by atoms with Crippen molar-refractivity contribution in [1.29, 1.82) is 0 Å². The lowest BCUT2D eigenvalue weighted by Crippen LogP contribution is -2.41. The fraction of sp³-hybridized carbons (Fsp3) is 0.722. The zero-order valence-corrected chi connectivity index (χ0v) is 15.5. The maximum absolute atomic E-state index is 12.2. The lowest BCUT2D eigenvalue weighted by molar-refractivity contribution is -0.125. The third kappa shape index (κ3) is 4.37. The molecule has 7 heteroatoms. The van der Waals surface area contributed by atoms with Crippen LogP contribution in [0.25, 0.3) is 0 Å². The van der Waals surface area contributed by atoms with E-state index < -0.39 is 0 Å². The molecule has 6 nitrogen and oxygen atoms in total. The fourth-order valence-electron chi connectivity index (χ4n) is 3.52. The smallest absolute Gasteiger partial charge is 0.225 e. The van der Waals surface area contributed by atoms with Crippen LogP contribution in [0.15, 0.2) is 12.4 Å². The standard InChI is InChI=1S/C18H27N5OS/c24-17(19-11-14-1-2-14)15-3-5-22(6-4-15)16-12-20-18(21-13-16)23-7-9-25-10-8-23/h12-15H,1-11H2,(H,19,24). The molecule has 1 saturated carbocycles. The fourth-order valence-corrected chi connectivity index (χ4v) is 4.42. The van der Waals surface area contributed by atoms with Gasteiger partial charge in [0, 0.05) is 50.1 Å². The summed E-state index contributed by atoms with van der Waals surface area (Å²) in [6, 6.07) is 0. The first-order valence-corrected chi connectivity index (χ1v) is 10.6. The molecule has 4 rings (SSSR count). The van der Waals surface area contributed by atoms with Crippen molar-refractivity contribution in [1.82, 2.24) is 15.3 Å². The minimum Gasteiger partial charge on any atom is -0.369 e. The second kappa shape index (κ2) is 7.81. The Bertz CT molecular complexity index is 578.